The van der Waals surface area contributed by atoms with Crippen molar-refractivity contribution < 1.29 is 14.7 Å². The van der Waals surface area contributed by atoms with E-state index in [2.05, 4.69) is 15.4 Å². The summed E-state index contributed by atoms with van der Waals surface area (Å²) in [4.78, 5) is 26.3. The van der Waals surface area contributed by atoms with Crippen LogP contribution in [0.5, 0.6) is 0 Å². The molecule has 7 nitrogen and oxygen atoms in total. The van der Waals surface area contributed by atoms with Crippen LogP contribution in [0.1, 0.15) is 26.5 Å². The molecule has 0 saturated carbocycles. The van der Waals surface area contributed by atoms with Gasteiger partial charge in [-0.15, -0.1) is 0 Å². The summed E-state index contributed by atoms with van der Waals surface area (Å²) in [6.07, 6.45) is 2.91. The number of aryl methyl sites for hydroxylation is 2. The second-order valence-electron chi connectivity index (χ2n) is 3.99. The highest BCUT2D eigenvalue weighted by Gasteiger charge is 2.13. The van der Waals surface area contributed by atoms with Gasteiger partial charge in [-0.25, -0.2) is 9.78 Å². The summed E-state index contributed by atoms with van der Waals surface area (Å²) in [5.74, 6) is -1.42. The molecule has 2 rings (SSSR count). The van der Waals surface area contributed by atoms with Gasteiger partial charge >= 0.3 is 5.97 Å². The lowest BCUT2D eigenvalue weighted by Gasteiger charge is -2.03. The average Bonchev–Trinajstić information content (AvgIpc) is 2.69. The second kappa shape index (κ2) is 4.89. The van der Waals surface area contributed by atoms with Crippen molar-refractivity contribution in [1.82, 2.24) is 14.8 Å². The van der Waals surface area contributed by atoms with E-state index < -0.39 is 5.97 Å². The van der Waals surface area contributed by atoms with Crippen molar-refractivity contribution in [1.29, 1.82) is 0 Å². The lowest BCUT2D eigenvalue weighted by Crippen LogP contribution is -2.13. The third-order valence-corrected chi connectivity index (χ3v) is 2.50. The van der Waals surface area contributed by atoms with Crippen LogP contribution in [0, 0.1) is 6.92 Å². The second-order valence-corrected chi connectivity index (χ2v) is 3.99. The molecule has 1 amide bonds. The van der Waals surface area contributed by atoms with Crippen LogP contribution in [-0.4, -0.2) is 31.7 Å². The predicted octanol–water partition coefficient (Wildman–Crippen LogP) is 1.07. The highest BCUT2D eigenvalue weighted by Crippen LogP contribution is 2.11. The Labute approximate surface area is 108 Å². The third-order valence-electron chi connectivity index (χ3n) is 2.50. The maximum absolute atomic E-state index is 12.0. The molecule has 0 bridgehead atoms. The lowest BCUT2D eigenvalue weighted by molar-refractivity contribution is 0.0690. The molecule has 0 spiro atoms. The summed E-state index contributed by atoms with van der Waals surface area (Å²) in [7, 11) is 1.73. The van der Waals surface area contributed by atoms with Crippen molar-refractivity contribution in [2.24, 2.45) is 7.05 Å². The molecule has 0 unspecified atom stereocenters. The van der Waals surface area contributed by atoms with Gasteiger partial charge in [0.05, 0.1) is 23.1 Å². The first kappa shape index (κ1) is 12.7. The number of aromatic nitrogens is 3. The Morgan fingerprint density at radius 3 is 2.58 bits per heavy atom. The molecule has 0 atom stereocenters. The van der Waals surface area contributed by atoms with Gasteiger partial charge in [-0.2, -0.15) is 5.10 Å². The van der Waals surface area contributed by atoms with Gasteiger partial charge in [0.25, 0.3) is 5.91 Å². The normalized spacial score (nSPS) is 10.2. The molecule has 0 aromatic carbocycles. The molecule has 0 aliphatic rings. The number of pyridine rings is 1. The van der Waals surface area contributed by atoms with E-state index in [1.54, 1.807) is 24.9 Å². The fraction of sp³-hybridized carbons (Fsp3) is 0.167. The van der Waals surface area contributed by atoms with Gasteiger partial charge < -0.3 is 10.4 Å². The van der Waals surface area contributed by atoms with Gasteiger partial charge in [-0.1, -0.05) is 0 Å². The van der Waals surface area contributed by atoms with Gasteiger partial charge in [-0.3, -0.25) is 9.48 Å². The van der Waals surface area contributed by atoms with Crippen LogP contribution in [0.25, 0.3) is 0 Å². The molecular weight excluding hydrogens is 248 g/mol. The van der Waals surface area contributed by atoms with Gasteiger partial charge in [0.2, 0.25) is 0 Å². The van der Waals surface area contributed by atoms with Gasteiger partial charge in [-0.05, 0) is 19.1 Å². The van der Waals surface area contributed by atoms with Crippen molar-refractivity contribution in [2.75, 3.05) is 5.32 Å². The average molecular weight is 260 g/mol. The van der Waals surface area contributed by atoms with E-state index >= 15 is 0 Å². The largest absolute Gasteiger partial charge is 0.477 e. The number of rotatable bonds is 3. The standard InChI is InChI=1S/C12H12N4O3/c1-7-9(6-16(2)15-7)11(17)14-8-3-4-10(12(18)19)13-5-8/h3-6H,1-2H3,(H,14,17)(H,18,19). The zero-order chi connectivity index (χ0) is 14.0. The molecule has 2 N–H and O–H groups in total. The van der Waals surface area contributed by atoms with E-state index in [0.717, 1.165) is 0 Å². The maximum atomic E-state index is 12.0. The quantitative estimate of drug-likeness (QED) is 0.860. The van der Waals surface area contributed by atoms with E-state index in [9.17, 15) is 9.59 Å². The Kier molecular flexibility index (Phi) is 3.28. The lowest BCUT2D eigenvalue weighted by atomic mass is 10.2. The first-order valence-corrected chi connectivity index (χ1v) is 5.48. The number of carbonyl (C=O) groups excluding carboxylic acids is 1. The van der Waals surface area contributed by atoms with Gasteiger partial charge in [0, 0.05) is 13.2 Å². The minimum absolute atomic E-state index is 0.0736. The summed E-state index contributed by atoms with van der Waals surface area (Å²) in [6.45, 7) is 1.74. The molecule has 0 radical (unpaired) electrons. The molecule has 19 heavy (non-hydrogen) atoms. The molecule has 2 heterocycles. The molecule has 0 saturated heterocycles. The molecular formula is C12H12N4O3. The molecule has 7 heteroatoms. The number of nitrogens with one attached hydrogen (secondary N) is 1. The van der Waals surface area contributed by atoms with Crippen LogP contribution in [0.4, 0.5) is 5.69 Å². The smallest absolute Gasteiger partial charge is 0.354 e. The molecule has 0 aliphatic heterocycles. The fourth-order valence-corrected chi connectivity index (χ4v) is 1.62. The van der Waals surface area contributed by atoms with Crippen LogP contribution in [0.15, 0.2) is 24.5 Å². The highest BCUT2D eigenvalue weighted by atomic mass is 16.4. The molecule has 98 valence electrons. The number of anilines is 1. The highest BCUT2D eigenvalue weighted by molar-refractivity contribution is 6.04. The molecule has 2 aromatic heterocycles. The SMILES string of the molecule is Cc1nn(C)cc1C(=O)Nc1ccc(C(=O)O)nc1. The zero-order valence-electron chi connectivity index (χ0n) is 10.4. The fourth-order valence-electron chi connectivity index (χ4n) is 1.62. The Morgan fingerprint density at radius 1 is 1.37 bits per heavy atom. The molecule has 0 fully saturated rings. The van der Waals surface area contributed by atoms with E-state index in [0.29, 0.717) is 16.9 Å². The van der Waals surface area contributed by atoms with Crippen LogP contribution in [0.2, 0.25) is 0 Å². The number of amides is 1. The zero-order valence-corrected chi connectivity index (χ0v) is 10.4. The van der Waals surface area contributed by atoms with Crippen molar-refractivity contribution in [3.05, 3.63) is 41.5 Å². The summed E-state index contributed by atoms with van der Waals surface area (Å²) in [5.41, 5.74) is 1.44. The third kappa shape index (κ3) is 2.76. The number of carboxylic acids is 1. The van der Waals surface area contributed by atoms with Gasteiger partial charge in [0.1, 0.15) is 5.69 Å². The van der Waals surface area contributed by atoms with Gasteiger partial charge in [0.15, 0.2) is 0 Å². The van der Waals surface area contributed by atoms with Crippen molar-refractivity contribution in [3.8, 4) is 0 Å². The Balaban J connectivity index is 2.15. The summed E-state index contributed by atoms with van der Waals surface area (Å²) in [5, 5.41) is 15.4. The van der Waals surface area contributed by atoms with Crippen molar-refractivity contribution in [2.45, 2.75) is 6.92 Å². The minimum Gasteiger partial charge on any atom is -0.477 e. The number of carboxylic acid groups (broad SMARTS) is 1. The van der Waals surface area contributed by atoms with Crippen molar-refractivity contribution >= 4 is 17.6 Å². The number of nitrogens with zero attached hydrogens (tertiary/aromatic N) is 3. The Bertz CT molecular complexity index is 631. The topological polar surface area (TPSA) is 97.1 Å². The summed E-state index contributed by atoms with van der Waals surface area (Å²) >= 11 is 0. The first-order chi connectivity index (χ1) is 8.97. The van der Waals surface area contributed by atoms with Crippen molar-refractivity contribution in [3.63, 3.8) is 0 Å². The number of aromatic carboxylic acids is 1. The molecule has 2 aromatic rings. The van der Waals surface area contributed by atoms with Crippen LogP contribution >= 0.6 is 0 Å². The minimum atomic E-state index is -1.11. The van der Waals surface area contributed by atoms with Crippen LogP contribution < -0.4 is 5.32 Å². The Morgan fingerprint density at radius 2 is 2.11 bits per heavy atom. The van der Waals surface area contributed by atoms with E-state index in [1.807, 2.05) is 0 Å². The van der Waals surface area contributed by atoms with Crippen LogP contribution in [-0.2, 0) is 7.05 Å². The van der Waals surface area contributed by atoms with E-state index in [-0.39, 0.29) is 11.6 Å². The van der Waals surface area contributed by atoms with Crippen LogP contribution in [0.3, 0.4) is 0 Å². The maximum Gasteiger partial charge on any atom is 0.354 e. The van der Waals surface area contributed by atoms with E-state index in [1.165, 1.54) is 18.3 Å². The number of hydrogen-bond acceptors (Lipinski definition) is 4. The predicted molar refractivity (Wildman–Crippen MR) is 67.1 cm³/mol. The number of hydrogen-bond donors (Lipinski definition) is 2. The molecule has 0 aliphatic carbocycles. The number of carbonyl (C=O) groups is 2. The summed E-state index contributed by atoms with van der Waals surface area (Å²) in [6, 6.07) is 2.81. The monoisotopic (exact) mass is 260 g/mol. The van der Waals surface area contributed by atoms with E-state index in [4.69, 9.17) is 5.11 Å². The first-order valence-electron chi connectivity index (χ1n) is 5.48. The Hall–Kier alpha value is -2.70. The summed E-state index contributed by atoms with van der Waals surface area (Å²) < 4.78 is 1.55.